The van der Waals surface area contributed by atoms with Crippen LogP contribution in [0.4, 0.5) is 0 Å². The van der Waals surface area contributed by atoms with Gasteiger partial charge in [0.05, 0.1) is 23.6 Å². The van der Waals surface area contributed by atoms with Gasteiger partial charge in [0.25, 0.3) is 11.0 Å². The lowest BCUT2D eigenvalue weighted by atomic mass is 9.54. The normalized spacial score (nSPS) is 31.2. The van der Waals surface area contributed by atoms with E-state index in [1.807, 2.05) is 0 Å². The Morgan fingerprint density at radius 1 is 1.19 bits per heavy atom. The summed E-state index contributed by atoms with van der Waals surface area (Å²) in [5.41, 5.74) is 1.47. The molecule has 0 aromatic heterocycles. The minimum Gasteiger partial charge on any atom is -0.508 e. The fourth-order valence-corrected chi connectivity index (χ4v) is 5.58. The van der Waals surface area contributed by atoms with Gasteiger partial charge in [0.15, 0.2) is 11.4 Å². The van der Waals surface area contributed by atoms with Crippen LogP contribution in [0.1, 0.15) is 24.0 Å². The first-order chi connectivity index (χ1) is 16.6. The Morgan fingerprint density at radius 3 is 2.25 bits per heavy atom. The van der Waals surface area contributed by atoms with Crippen molar-refractivity contribution in [1.82, 2.24) is 4.90 Å². The summed E-state index contributed by atoms with van der Waals surface area (Å²) in [5, 5.41) is 68.5. The summed E-state index contributed by atoms with van der Waals surface area (Å²) in [4.78, 5) is 48.3. The molecule has 1 aromatic rings. The Bertz CT molecular complexity index is 1230. The number of rotatable bonds is 2. The molecule has 36 heavy (non-hydrogen) atoms. The second kappa shape index (κ2) is 8.89. The van der Waals surface area contributed by atoms with Gasteiger partial charge in [0, 0.05) is 11.5 Å². The van der Waals surface area contributed by atoms with Crippen molar-refractivity contribution in [3.8, 4) is 5.75 Å². The fraction of sp³-hybridized carbons (Fsp3) is 0.409. The number of amides is 1. The summed E-state index contributed by atoms with van der Waals surface area (Å²) in [5.74, 6) is -8.87. The van der Waals surface area contributed by atoms with Crippen LogP contribution in [0.15, 0.2) is 35.1 Å². The van der Waals surface area contributed by atoms with Crippen LogP contribution in [0.5, 0.6) is 5.75 Å². The van der Waals surface area contributed by atoms with E-state index in [9.17, 15) is 39.9 Å². The van der Waals surface area contributed by atoms with Crippen LogP contribution in [-0.2, 0) is 14.4 Å². The van der Waals surface area contributed by atoms with Gasteiger partial charge in [-0.2, -0.15) is 0 Å². The standard InChI is InChI=1S/C22H24N2O8.HNO3/c1-7-8-5-4-6-9(25)11(8)16(26)12-10(7)17(27)14-15(24(2)3)18(28)13(21(23)31)20(30)22(14,32)19(12)29;2-1(3)4/h4-7,10,14-15,17,25-27,30,32H,1-3H3,(H2,23,31);(H,2,3,4)/t7-,10+,14-,15-,17-,22-;/m0./s1. The van der Waals surface area contributed by atoms with E-state index in [0.717, 1.165) is 0 Å². The number of hydrogen-bond acceptors (Lipinski definition) is 11. The smallest absolute Gasteiger partial charge is 0.291 e. The number of carbonyl (C=O) groups is 3. The molecule has 0 bridgehead atoms. The average Bonchev–Trinajstić information content (AvgIpc) is 2.75. The molecule has 14 heteroatoms. The number of nitrogens with two attached hydrogens (primary N) is 1. The monoisotopic (exact) mass is 507 g/mol. The van der Waals surface area contributed by atoms with E-state index in [1.165, 1.54) is 25.1 Å². The number of fused-ring (bicyclic) bond motifs is 3. The number of nitrogens with zero attached hydrogens (tertiary/aromatic N) is 2. The third-order valence-corrected chi connectivity index (χ3v) is 6.99. The van der Waals surface area contributed by atoms with Crippen LogP contribution in [-0.4, -0.2) is 90.0 Å². The molecule has 1 aromatic carbocycles. The van der Waals surface area contributed by atoms with Gasteiger partial charge in [-0.05, 0) is 31.6 Å². The molecule has 6 atom stereocenters. The van der Waals surface area contributed by atoms with Crippen LogP contribution in [0.25, 0.3) is 5.76 Å². The minimum atomic E-state index is -2.89. The number of aromatic hydroxyl groups is 1. The van der Waals surface area contributed by atoms with Crippen LogP contribution < -0.4 is 5.73 Å². The number of carbonyl (C=O) groups excluding carboxylic acids is 3. The molecule has 1 saturated carbocycles. The molecule has 0 heterocycles. The highest BCUT2D eigenvalue weighted by Crippen LogP contribution is 2.55. The summed E-state index contributed by atoms with van der Waals surface area (Å²) in [6, 6.07) is 3.13. The number of Topliss-reactive ketones (excluding diaryl/α,β-unsaturated/α-hetero) is 2. The van der Waals surface area contributed by atoms with Crippen molar-refractivity contribution < 1.29 is 50.2 Å². The Morgan fingerprint density at radius 2 is 1.75 bits per heavy atom. The van der Waals surface area contributed by atoms with Gasteiger partial charge in [-0.1, -0.05) is 19.1 Å². The van der Waals surface area contributed by atoms with Crippen LogP contribution in [0.2, 0.25) is 0 Å². The van der Waals surface area contributed by atoms with Crippen LogP contribution in [0, 0.1) is 22.0 Å². The number of phenols is 1. The SMILES string of the molecule is C[C@H]1c2cccc(O)c2C(O)=C2C(=O)[C@]3(O)C(O)=C(C(N)=O)C(=O)[C@@H](N(C)C)[C@H]3[C@@H](O)[C@@H]21.O=[N+]([O-])O. The molecule has 0 spiro atoms. The second-order valence-electron chi connectivity index (χ2n) is 9.03. The molecule has 4 rings (SSSR count). The molecular weight excluding hydrogens is 482 g/mol. The van der Waals surface area contributed by atoms with Crippen molar-refractivity contribution >= 4 is 23.2 Å². The van der Waals surface area contributed by atoms with E-state index >= 15 is 0 Å². The Balaban J connectivity index is 0.000000840. The molecule has 14 nitrogen and oxygen atoms in total. The molecule has 194 valence electrons. The van der Waals surface area contributed by atoms with Crippen LogP contribution >= 0.6 is 0 Å². The van der Waals surface area contributed by atoms with Gasteiger partial charge in [0.1, 0.15) is 22.8 Å². The molecule has 1 amide bonds. The zero-order valence-corrected chi connectivity index (χ0v) is 19.3. The number of primary amides is 1. The first kappa shape index (κ1) is 26.6. The quantitative estimate of drug-likeness (QED) is 0.147. The maximum atomic E-state index is 13.7. The van der Waals surface area contributed by atoms with Crippen molar-refractivity contribution in [1.29, 1.82) is 0 Å². The maximum absolute atomic E-state index is 13.7. The number of aliphatic hydroxyl groups is 4. The average molecular weight is 507 g/mol. The lowest BCUT2D eigenvalue weighted by molar-refractivity contribution is -0.742. The summed E-state index contributed by atoms with van der Waals surface area (Å²) >= 11 is 0. The number of benzene rings is 1. The lowest BCUT2D eigenvalue weighted by Gasteiger charge is -2.53. The number of ketones is 2. The molecule has 0 unspecified atom stereocenters. The number of aliphatic hydroxyl groups excluding tert-OH is 3. The van der Waals surface area contributed by atoms with Crippen molar-refractivity contribution in [2.75, 3.05) is 14.1 Å². The van der Waals surface area contributed by atoms with Gasteiger partial charge < -0.3 is 36.5 Å². The fourth-order valence-electron chi connectivity index (χ4n) is 5.58. The molecule has 0 aliphatic heterocycles. The Hall–Kier alpha value is -4.01. The lowest BCUT2D eigenvalue weighted by Crippen LogP contribution is -2.70. The highest BCUT2D eigenvalue weighted by molar-refractivity contribution is 6.24. The van der Waals surface area contributed by atoms with E-state index < -0.39 is 80.7 Å². The van der Waals surface area contributed by atoms with Gasteiger partial charge in [-0.25, -0.2) is 0 Å². The summed E-state index contributed by atoms with van der Waals surface area (Å²) in [7, 11) is 2.92. The Kier molecular flexibility index (Phi) is 6.57. The zero-order chi connectivity index (χ0) is 27.4. The first-order valence-electron chi connectivity index (χ1n) is 10.6. The third kappa shape index (κ3) is 3.57. The topological polar surface area (TPSA) is 245 Å². The Labute approximate surface area is 203 Å². The molecule has 3 aliphatic rings. The summed E-state index contributed by atoms with van der Waals surface area (Å²) in [6.07, 6.45) is -1.59. The van der Waals surface area contributed by atoms with E-state index in [1.54, 1.807) is 19.1 Å². The van der Waals surface area contributed by atoms with Crippen molar-refractivity contribution in [2.24, 2.45) is 17.6 Å². The predicted octanol–water partition coefficient (Wildman–Crippen LogP) is -0.852. The van der Waals surface area contributed by atoms with E-state index in [0.29, 0.717) is 5.56 Å². The molecule has 0 radical (unpaired) electrons. The molecule has 1 fully saturated rings. The van der Waals surface area contributed by atoms with Gasteiger partial charge in [-0.15, -0.1) is 10.1 Å². The van der Waals surface area contributed by atoms with Crippen LogP contribution in [0.3, 0.4) is 0 Å². The molecule has 8 N–H and O–H groups in total. The second-order valence-corrected chi connectivity index (χ2v) is 9.03. The molecule has 3 aliphatic carbocycles. The maximum Gasteiger partial charge on any atom is 0.291 e. The van der Waals surface area contributed by atoms with E-state index in [4.69, 9.17) is 21.1 Å². The minimum absolute atomic E-state index is 0.0245. The van der Waals surface area contributed by atoms with Crippen molar-refractivity contribution in [3.63, 3.8) is 0 Å². The van der Waals surface area contributed by atoms with Crippen molar-refractivity contribution in [3.05, 3.63) is 56.3 Å². The first-order valence-corrected chi connectivity index (χ1v) is 10.6. The number of phenolic OH excluding ortho intramolecular Hbond substituents is 1. The van der Waals surface area contributed by atoms with Gasteiger partial charge in [-0.3, -0.25) is 19.3 Å². The highest BCUT2D eigenvalue weighted by Gasteiger charge is 2.68. The van der Waals surface area contributed by atoms with Crippen molar-refractivity contribution in [2.45, 2.75) is 30.6 Å². The summed E-state index contributed by atoms with van der Waals surface area (Å²) < 4.78 is 0. The summed E-state index contributed by atoms with van der Waals surface area (Å²) in [6.45, 7) is 1.68. The predicted molar refractivity (Wildman–Crippen MR) is 119 cm³/mol. The third-order valence-electron chi connectivity index (χ3n) is 6.99. The molecular formula is C22H25N3O11. The van der Waals surface area contributed by atoms with E-state index in [2.05, 4.69) is 0 Å². The number of likely N-dealkylation sites (N-methyl/N-ethyl adjacent to an activating group) is 1. The number of hydrogen-bond donors (Lipinski definition) is 7. The van der Waals surface area contributed by atoms with Gasteiger partial charge in [0.2, 0.25) is 5.78 Å². The highest BCUT2D eigenvalue weighted by atomic mass is 16.9. The zero-order valence-electron chi connectivity index (χ0n) is 19.3. The largest absolute Gasteiger partial charge is 0.508 e. The van der Waals surface area contributed by atoms with E-state index in [-0.39, 0.29) is 11.3 Å². The van der Waals surface area contributed by atoms with Gasteiger partial charge >= 0.3 is 0 Å². The molecule has 0 saturated heterocycles.